The highest BCUT2D eigenvalue weighted by Crippen LogP contribution is 2.17. The molecular formula is C18H27N3O4S. The first-order valence-corrected chi connectivity index (χ1v) is 10.7. The lowest BCUT2D eigenvalue weighted by molar-refractivity contribution is -0.123. The van der Waals surface area contributed by atoms with Gasteiger partial charge >= 0.3 is 0 Å². The second-order valence-electron chi connectivity index (χ2n) is 6.90. The topological polar surface area (TPSA) is 110 Å². The Morgan fingerprint density at radius 3 is 2.73 bits per heavy atom. The first kappa shape index (κ1) is 20.4. The minimum Gasteiger partial charge on any atom is -0.369 e. The molecule has 8 heteroatoms. The minimum atomic E-state index is -3.35. The summed E-state index contributed by atoms with van der Waals surface area (Å²) in [5, 5.41) is 2.84. The van der Waals surface area contributed by atoms with Gasteiger partial charge in [-0.25, -0.2) is 8.42 Å². The number of nitrogens with one attached hydrogen (secondary N) is 1. The van der Waals surface area contributed by atoms with Crippen LogP contribution in [-0.4, -0.2) is 57.6 Å². The van der Waals surface area contributed by atoms with Crippen LogP contribution in [0.1, 0.15) is 35.2 Å². The molecule has 1 unspecified atom stereocenters. The van der Waals surface area contributed by atoms with Crippen molar-refractivity contribution in [1.29, 1.82) is 0 Å². The van der Waals surface area contributed by atoms with Gasteiger partial charge < -0.3 is 16.0 Å². The van der Waals surface area contributed by atoms with E-state index >= 15 is 0 Å². The van der Waals surface area contributed by atoms with Crippen molar-refractivity contribution in [3.8, 4) is 0 Å². The van der Waals surface area contributed by atoms with Gasteiger partial charge in [0.05, 0.1) is 10.8 Å². The molecule has 26 heavy (non-hydrogen) atoms. The molecule has 144 valence electrons. The fourth-order valence-electron chi connectivity index (χ4n) is 3.17. The van der Waals surface area contributed by atoms with Crippen LogP contribution in [0.5, 0.6) is 0 Å². The summed E-state index contributed by atoms with van der Waals surface area (Å²) in [6.07, 6.45) is 3.68. The molecular weight excluding hydrogens is 354 g/mol. The van der Waals surface area contributed by atoms with Gasteiger partial charge in [0, 0.05) is 24.9 Å². The van der Waals surface area contributed by atoms with Crippen LogP contribution in [0.25, 0.3) is 0 Å². The number of amides is 2. The quantitative estimate of drug-likeness (QED) is 0.676. The molecule has 1 aromatic rings. The first-order valence-electron chi connectivity index (χ1n) is 8.79. The third-order valence-corrected chi connectivity index (χ3v) is 5.84. The van der Waals surface area contributed by atoms with E-state index in [0.717, 1.165) is 44.2 Å². The molecule has 0 spiro atoms. The predicted octanol–water partition coefficient (Wildman–Crippen LogP) is 0.716. The molecule has 0 aliphatic carbocycles. The van der Waals surface area contributed by atoms with Crippen molar-refractivity contribution in [1.82, 2.24) is 10.2 Å². The van der Waals surface area contributed by atoms with E-state index in [-0.39, 0.29) is 22.6 Å². The third-order valence-electron chi connectivity index (χ3n) is 4.73. The van der Waals surface area contributed by atoms with Crippen LogP contribution in [0.2, 0.25) is 0 Å². The van der Waals surface area contributed by atoms with Gasteiger partial charge in [-0.05, 0) is 57.0 Å². The number of carbonyl (C=O) groups excluding carboxylic acids is 2. The number of hydrogen-bond acceptors (Lipinski definition) is 5. The van der Waals surface area contributed by atoms with Crippen LogP contribution >= 0.6 is 0 Å². The van der Waals surface area contributed by atoms with E-state index in [1.807, 2.05) is 0 Å². The number of sulfone groups is 1. The summed E-state index contributed by atoms with van der Waals surface area (Å²) in [4.78, 5) is 26.0. The van der Waals surface area contributed by atoms with Crippen molar-refractivity contribution < 1.29 is 18.0 Å². The number of carbonyl (C=O) groups is 2. The zero-order valence-corrected chi connectivity index (χ0v) is 16.1. The van der Waals surface area contributed by atoms with Gasteiger partial charge in [-0.15, -0.1) is 0 Å². The maximum absolute atomic E-state index is 12.4. The fourth-order valence-corrected chi connectivity index (χ4v) is 3.81. The van der Waals surface area contributed by atoms with Crippen molar-refractivity contribution >= 4 is 21.7 Å². The van der Waals surface area contributed by atoms with E-state index < -0.39 is 9.84 Å². The Balaban J connectivity index is 1.85. The lowest BCUT2D eigenvalue weighted by atomic mass is 9.97. The number of aryl methyl sites for hydroxylation is 1. The molecule has 0 bridgehead atoms. The van der Waals surface area contributed by atoms with E-state index in [2.05, 4.69) is 10.2 Å². The SMILES string of the molecule is Cc1ccc(S(C)(=O)=O)cc1C(=O)NCCCN1CCCC(C(N)=O)C1. The van der Waals surface area contributed by atoms with Gasteiger partial charge in [0.25, 0.3) is 5.91 Å². The van der Waals surface area contributed by atoms with Gasteiger partial charge in [-0.3, -0.25) is 9.59 Å². The number of nitrogens with zero attached hydrogens (tertiary/aromatic N) is 1. The largest absolute Gasteiger partial charge is 0.369 e. The molecule has 3 N–H and O–H groups in total. The van der Waals surface area contributed by atoms with Crippen LogP contribution in [0.4, 0.5) is 0 Å². The summed E-state index contributed by atoms with van der Waals surface area (Å²) >= 11 is 0. The van der Waals surface area contributed by atoms with E-state index in [1.54, 1.807) is 13.0 Å². The highest BCUT2D eigenvalue weighted by atomic mass is 32.2. The Kier molecular flexibility index (Phi) is 6.77. The van der Waals surface area contributed by atoms with Crippen LogP contribution in [0.3, 0.4) is 0 Å². The van der Waals surface area contributed by atoms with Crippen LogP contribution < -0.4 is 11.1 Å². The average molecular weight is 381 g/mol. The molecule has 0 saturated carbocycles. The second kappa shape index (κ2) is 8.64. The van der Waals surface area contributed by atoms with Gasteiger partial charge in [0.2, 0.25) is 5.91 Å². The summed E-state index contributed by atoms with van der Waals surface area (Å²) in [6.45, 7) is 4.66. The number of primary amides is 1. The first-order chi connectivity index (χ1) is 12.2. The smallest absolute Gasteiger partial charge is 0.251 e. The summed E-state index contributed by atoms with van der Waals surface area (Å²) in [7, 11) is -3.35. The Morgan fingerprint density at radius 1 is 1.35 bits per heavy atom. The lowest BCUT2D eigenvalue weighted by Crippen LogP contribution is -2.42. The standard InChI is InChI=1S/C18H27N3O4S/c1-13-6-7-15(26(2,24)25)11-16(13)18(23)20-8-4-10-21-9-3-5-14(12-21)17(19)22/h6-7,11,14H,3-5,8-10,12H2,1-2H3,(H2,19,22)(H,20,23). The van der Waals surface area contributed by atoms with Crippen molar-refractivity contribution in [3.63, 3.8) is 0 Å². The molecule has 7 nitrogen and oxygen atoms in total. The molecule has 1 fully saturated rings. The number of hydrogen-bond donors (Lipinski definition) is 2. The highest BCUT2D eigenvalue weighted by Gasteiger charge is 2.23. The zero-order chi connectivity index (χ0) is 19.3. The van der Waals surface area contributed by atoms with Crippen molar-refractivity contribution in [2.24, 2.45) is 11.7 Å². The van der Waals surface area contributed by atoms with E-state index in [4.69, 9.17) is 5.73 Å². The summed E-state index contributed by atoms with van der Waals surface area (Å²) in [5.74, 6) is -0.606. The Hall–Kier alpha value is -1.93. The van der Waals surface area contributed by atoms with Gasteiger partial charge in [-0.1, -0.05) is 6.07 Å². The average Bonchev–Trinajstić information content (AvgIpc) is 2.58. The third kappa shape index (κ3) is 5.54. The highest BCUT2D eigenvalue weighted by molar-refractivity contribution is 7.90. The molecule has 1 aliphatic rings. The van der Waals surface area contributed by atoms with Crippen LogP contribution in [-0.2, 0) is 14.6 Å². The molecule has 1 saturated heterocycles. The van der Waals surface area contributed by atoms with Gasteiger partial charge in [0.15, 0.2) is 9.84 Å². The minimum absolute atomic E-state index is 0.0836. The van der Waals surface area contributed by atoms with Crippen LogP contribution in [0.15, 0.2) is 23.1 Å². The summed E-state index contributed by atoms with van der Waals surface area (Å²) in [5.41, 5.74) is 6.49. The van der Waals surface area contributed by atoms with Gasteiger partial charge in [-0.2, -0.15) is 0 Å². The molecule has 1 aromatic carbocycles. The zero-order valence-electron chi connectivity index (χ0n) is 15.3. The van der Waals surface area contributed by atoms with E-state index in [0.29, 0.717) is 18.7 Å². The van der Waals surface area contributed by atoms with Crippen molar-refractivity contribution in [3.05, 3.63) is 29.3 Å². The fraction of sp³-hybridized carbons (Fsp3) is 0.556. The molecule has 0 radical (unpaired) electrons. The van der Waals surface area contributed by atoms with E-state index in [9.17, 15) is 18.0 Å². The maximum Gasteiger partial charge on any atom is 0.251 e. The number of likely N-dealkylation sites (tertiary alicyclic amines) is 1. The monoisotopic (exact) mass is 381 g/mol. The Morgan fingerprint density at radius 2 is 2.08 bits per heavy atom. The molecule has 0 aromatic heterocycles. The normalized spacial score (nSPS) is 18.5. The van der Waals surface area contributed by atoms with Crippen LogP contribution in [0, 0.1) is 12.8 Å². The number of rotatable bonds is 7. The maximum atomic E-state index is 12.4. The predicted molar refractivity (Wildman–Crippen MR) is 99.6 cm³/mol. The Labute approximate surface area is 154 Å². The van der Waals surface area contributed by atoms with Gasteiger partial charge in [0.1, 0.15) is 0 Å². The molecule has 1 aliphatic heterocycles. The van der Waals surface area contributed by atoms with E-state index in [1.165, 1.54) is 12.1 Å². The molecule has 1 heterocycles. The molecule has 2 amide bonds. The summed E-state index contributed by atoms with van der Waals surface area (Å²) < 4.78 is 23.3. The lowest BCUT2D eigenvalue weighted by Gasteiger charge is -2.31. The number of piperidine rings is 1. The van der Waals surface area contributed by atoms with Crippen molar-refractivity contribution in [2.75, 3.05) is 32.4 Å². The molecule has 2 rings (SSSR count). The molecule has 1 atom stereocenters. The summed E-state index contributed by atoms with van der Waals surface area (Å²) in [6, 6.07) is 4.57. The number of benzene rings is 1. The number of nitrogens with two attached hydrogens (primary N) is 1. The Bertz CT molecular complexity index is 777. The van der Waals surface area contributed by atoms with Crippen molar-refractivity contribution in [2.45, 2.75) is 31.1 Å². The second-order valence-corrected chi connectivity index (χ2v) is 8.92.